The van der Waals surface area contributed by atoms with E-state index >= 15 is 0 Å². The van der Waals surface area contributed by atoms with Crippen molar-refractivity contribution in [1.82, 2.24) is 25.3 Å². The third kappa shape index (κ3) is 3.79. The van der Waals surface area contributed by atoms with Gasteiger partial charge in [0, 0.05) is 25.6 Å². The number of nitrogens with one attached hydrogen (secondary N) is 1. The fourth-order valence-corrected chi connectivity index (χ4v) is 3.00. The van der Waals surface area contributed by atoms with Gasteiger partial charge in [-0.15, -0.1) is 0 Å². The maximum Gasteiger partial charge on any atom is 0.228 e. The molecule has 2 aliphatic heterocycles. The van der Waals surface area contributed by atoms with Crippen LogP contribution in [0.4, 0.5) is 0 Å². The Kier molecular flexibility index (Phi) is 4.84. The molecule has 0 amide bonds. The van der Waals surface area contributed by atoms with Crippen LogP contribution in [0.3, 0.4) is 0 Å². The monoisotopic (exact) mass is 295 g/mol. The summed E-state index contributed by atoms with van der Waals surface area (Å²) < 4.78 is 10.9. The first-order valence-electron chi connectivity index (χ1n) is 7.75. The van der Waals surface area contributed by atoms with E-state index in [-0.39, 0.29) is 12.1 Å². The Balaban J connectivity index is 1.65. The predicted octanol–water partition coefficient (Wildman–Crippen LogP) is -0.0911. The molecule has 118 valence electrons. The molecule has 21 heavy (non-hydrogen) atoms. The maximum atomic E-state index is 5.46. The molecule has 0 aromatic carbocycles. The normalized spacial score (nSPS) is 29.4. The minimum absolute atomic E-state index is 0.213. The van der Waals surface area contributed by atoms with Crippen molar-refractivity contribution in [2.45, 2.75) is 24.9 Å². The van der Waals surface area contributed by atoms with E-state index in [0.717, 1.165) is 45.0 Å². The zero-order valence-electron chi connectivity index (χ0n) is 12.9. The predicted molar refractivity (Wildman–Crippen MR) is 78.1 cm³/mol. The summed E-state index contributed by atoms with van der Waals surface area (Å²) >= 11 is 0. The molecule has 1 N–H and O–H groups in total. The summed E-state index contributed by atoms with van der Waals surface area (Å²) in [6, 6.07) is 0.493. The van der Waals surface area contributed by atoms with Crippen LogP contribution in [0.2, 0.25) is 0 Å². The van der Waals surface area contributed by atoms with Crippen LogP contribution in [-0.4, -0.2) is 79.5 Å². The molecular formula is C14H25N5O2. The largest absolute Gasteiger partial charge is 0.378 e. The van der Waals surface area contributed by atoms with E-state index in [0.29, 0.717) is 12.5 Å². The lowest BCUT2D eigenvalue weighted by molar-refractivity contribution is 0.0744. The van der Waals surface area contributed by atoms with E-state index in [9.17, 15) is 0 Å². The smallest absolute Gasteiger partial charge is 0.228 e. The van der Waals surface area contributed by atoms with Crippen molar-refractivity contribution >= 4 is 0 Å². The minimum atomic E-state index is 0.213. The molecule has 0 saturated carbocycles. The fourth-order valence-electron chi connectivity index (χ4n) is 3.00. The first-order valence-corrected chi connectivity index (χ1v) is 7.75. The molecule has 2 aliphatic rings. The minimum Gasteiger partial charge on any atom is -0.378 e. The maximum absolute atomic E-state index is 5.46. The Morgan fingerprint density at radius 3 is 3.05 bits per heavy atom. The molecule has 2 unspecified atom stereocenters. The topological polar surface area (TPSA) is 66.7 Å². The molecule has 0 aliphatic carbocycles. The Hall–Kier alpha value is -1.02. The molecule has 1 aromatic rings. The molecule has 0 bridgehead atoms. The second-order valence-corrected chi connectivity index (χ2v) is 6.09. The van der Waals surface area contributed by atoms with Gasteiger partial charge in [-0.1, -0.05) is 5.16 Å². The summed E-state index contributed by atoms with van der Waals surface area (Å²) in [5.41, 5.74) is 0. The van der Waals surface area contributed by atoms with E-state index < -0.39 is 0 Å². The van der Waals surface area contributed by atoms with Crippen LogP contribution in [0.1, 0.15) is 24.2 Å². The van der Waals surface area contributed by atoms with Crippen LogP contribution in [0.5, 0.6) is 0 Å². The van der Waals surface area contributed by atoms with Gasteiger partial charge in [0.1, 0.15) is 0 Å². The van der Waals surface area contributed by atoms with Gasteiger partial charge in [-0.3, -0.25) is 4.90 Å². The van der Waals surface area contributed by atoms with Crippen molar-refractivity contribution in [2.24, 2.45) is 0 Å². The molecule has 3 heterocycles. The van der Waals surface area contributed by atoms with Crippen molar-refractivity contribution in [3.05, 3.63) is 11.7 Å². The number of aromatic nitrogens is 2. The van der Waals surface area contributed by atoms with E-state index in [1.807, 2.05) is 0 Å². The number of hydrogen-bond donors (Lipinski definition) is 1. The second-order valence-electron chi connectivity index (χ2n) is 6.09. The van der Waals surface area contributed by atoms with Gasteiger partial charge in [0.25, 0.3) is 0 Å². The number of morpholine rings is 1. The van der Waals surface area contributed by atoms with Crippen molar-refractivity contribution in [2.75, 3.05) is 53.5 Å². The third-order valence-electron chi connectivity index (χ3n) is 4.27. The van der Waals surface area contributed by atoms with Crippen molar-refractivity contribution < 1.29 is 9.26 Å². The molecule has 7 nitrogen and oxygen atoms in total. The molecule has 2 fully saturated rings. The van der Waals surface area contributed by atoms with E-state index in [1.54, 1.807) is 0 Å². The number of rotatable bonds is 3. The highest BCUT2D eigenvalue weighted by Crippen LogP contribution is 2.21. The van der Waals surface area contributed by atoms with E-state index in [1.165, 1.54) is 6.42 Å². The summed E-state index contributed by atoms with van der Waals surface area (Å²) in [5, 5.41) is 7.62. The molecule has 7 heteroatoms. The summed E-state index contributed by atoms with van der Waals surface area (Å²) in [6.07, 6.45) is 1.91. The van der Waals surface area contributed by atoms with E-state index in [2.05, 4.69) is 39.4 Å². The summed E-state index contributed by atoms with van der Waals surface area (Å²) in [7, 11) is 4.28. The zero-order valence-corrected chi connectivity index (χ0v) is 12.9. The van der Waals surface area contributed by atoms with Crippen molar-refractivity contribution in [3.8, 4) is 0 Å². The van der Waals surface area contributed by atoms with Gasteiger partial charge in [0.15, 0.2) is 5.82 Å². The van der Waals surface area contributed by atoms with Gasteiger partial charge in [-0.2, -0.15) is 4.98 Å². The number of likely N-dealkylation sites (N-methyl/N-ethyl adjacent to an activating group) is 2. The van der Waals surface area contributed by atoms with E-state index in [4.69, 9.17) is 9.26 Å². The number of ether oxygens (including phenoxy) is 1. The first kappa shape index (κ1) is 14.9. The van der Waals surface area contributed by atoms with Gasteiger partial charge in [-0.25, -0.2) is 0 Å². The van der Waals surface area contributed by atoms with Crippen LogP contribution in [0.15, 0.2) is 4.52 Å². The van der Waals surface area contributed by atoms with Crippen LogP contribution < -0.4 is 5.32 Å². The molecule has 2 atom stereocenters. The molecule has 3 rings (SSSR count). The highest BCUT2D eigenvalue weighted by molar-refractivity contribution is 4.98. The Morgan fingerprint density at radius 2 is 2.24 bits per heavy atom. The highest BCUT2D eigenvalue weighted by Gasteiger charge is 2.27. The molecule has 0 spiro atoms. The van der Waals surface area contributed by atoms with Crippen molar-refractivity contribution in [1.29, 1.82) is 0 Å². The summed E-state index contributed by atoms with van der Waals surface area (Å²) in [6.45, 7) is 5.52. The fraction of sp³-hybridized carbons (Fsp3) is 0.857. The molecule has 1 aromatic heterocycles. The van der Waals surface area contributed by atoms with Gasteiger partial charge in [0.05, 0.1) is 19.3 Å². The van der Waals surface area contributed by atoms with Crippen LogP contribution in [0, 0.1) is 0 Å². The van der Waals surface area contributed by atoms with Crippen LogP contribution >= 0.6 is 0 Å². The second kappa shape index (κ2) is 6.83. The standard InChI is InChI=1S/C14H25N5O2/c1-18-5-3-6-19(2)12(9-18)14-16-13(21-17-14)8-11-10-20-7-4-15-11/h11-12,15H,3-10H2,1-2H3. The average Bonchev–Trinajstić information content (AvgIpc) is 2.86. The number of nitrogens with zero attached hydrogens (tertiary/aromatic N) is 4. The van der Waals surface area contributed by atoms with Gasteiger partial charge < -0.3 is 19.5 Å². The Labute approximate surface area is 125 Å². The van der Waals surface area contributed by atoms with Crippen LogP contribution in [-0.2, 0) is 11.2 Å². The average molecular weight is 295 g/mol. The molecule has 2 saturated heterocycles. The number of hydrogen-bond acceptors (Lipinski definition) is 7. The lowest BCUT2D eigenvalue weighted by atomic mass is 10.2. The molecular weight excluding hydrogens is 270 g/mol. The van der Waals surface area contributed by atoms with Gasteiger partial charge in [-0.05, 0) is 33.6 Å². The highest BCUT2D eigenvalue weighted by atomic mass is 16.5. The first-order chi connectivity index (χ1) is 10.2. The lowest BCUT2D eigenvalue weighted by Gasteiger charge is -2.24. The van der Waals surface area contributed by atoms with Gasteiger partial charge in [0.2, 0.25) is 5.89 Å². The van der Waals surface area contributed by atoms with Gasteiger partial charge >= 0.3 is 0 Å². The SMILES string of the molecule is CN1CCCN(C)C(c2noc(CC3COCCN3)n2)C1. The third-order valence-corrected chi connectivity index (χ3v) is 4.27. The molecule has 0 radical (unpaired) electrons. The quantitative estimate of drug-likeness (QED) is 0.836. The zero-order chi connectivity index (χ0) is 14.7. The summed E-state index contributed by atoms with van der Waals surface area (Å²) in [4.78, 5) is 9.27. The van der Waals surface area contributed by atoms with Crippen LogP contribution in [0.25, 0.3) is 0 Å². The van der Waals surface area contributed by atoms with Crippen molar-refractivity contribution in [3.63, 3.8) is 0 Å². The lowest BCUT2D eigenvalue weighted by Crippen LogP contribution is -2.42. The summed E-state index contributed by atoms with van der Waals surface area (Å²) in [5.74, 6) is 1.51. The Bertz CT molecular complexity index is 446. The Morgan fingerprint density at radius 1 is 1.33 bits per heavy atom.